The zero-order valence-corrected chi connectivity index (χ0v) is 14.7. The molecule has 132 valence electrons. The van der Waals surface area contributed by atoms with Gasteiger partial charge in [-0.05, 0) is 35.6 Å². The Morgan fingerprint density at radius 2 is 2.04 bits per heavy atom. The van der Waals surface area contributed by atoms with Gasteiger partial charge in [0.1, 0.15) is 12.6 Å². The first-order valence-corrected chi connectivity index (χ1v) is 8.74. The van der Waals surface area contributed by atoms with Gasteiger partial charge in [0.25, 0.3) is 0 Å². The van der Waals surface area contributed by atoms with Crippen molar-refractivity contribution in [2.75, 3.05) is 11.8 Å². The Bertz CT molecular complexity index is 782. The SMILES string of the molecule is [B]Nc1cccc([C@@H](CC)CC(=O)N2C(=O)OC[C@H]2c2ccccc2)c1. The van der Waals surface area contributed by atoms with Crippen LogP contribution < -0.4 is 5.23 Å². The maximum Gasteiger partial charge on any atom is 0.417 e. The van der Waals surface area contributed by atoms with Gasteiger partial charge in [0.05, 0.1) is 0 Å². The highest BCUT2D eigenvalue weighted by atomic mass is 16.6. The van der Waals surface area contributed by atoms with Crippen molar-refractivity contribution < 1.29 is 14.3 Å². The van der Waals surface area contributed by atoms with E-state index < -0.39 is 6.09 Å². The summed E-state index contributed by atoms with van der Waals surface area (Å²) in [7, 11) is 5.48. The van der Waals surface area contributed by atoms with Gasteiger partial charge in [0, 0.05) is 12.1 Å². The normalized spacial score (nSPS) is 17.7. The first kappa shape index (κ1) is 18.0. The molecule has 0 unspecified atom stereocenters. The van der Waals surface area contributed by atoms with E-state index in [0.717, 1.165) is 23.2 Å². The molecule has 1 aliphatic rings. The summed E-state index contributed by atoms with van der Waals surface area (Å²) in [5.41, 5.74) is 2.70. The van der Waals surface area contributed by atoms with Gasteiger partial charge in [-0.15, -0.1) is 0 Å². The number of hydrogen-bond donors (Lipinski definition) is 1. The van der Waals surface area contributed by atoms with Crippen LogP contribution in [-0.2, 0) is 9.53 Å². The molecule has 2 aromatic rings. The number of amides is 2. The number of imide groups is 1. The fourth-order valence-electron chi connectivity index (χ4n) is 3.31. The van der Waals surface area contributed by atoms with E-state index in [4.69, 9.17) is 12.7 Å². The standard InChI is InChI=1S/C20H21BN2O3/c1-2-14(16-9-6-10-17(11-16)22-21)12-19(24)23-18(13-26-20(23)25)15-7-4-3-5-8-15/h3-11,14,18,22H,2,12-13H2,1H3/t14-,18-/m0/s1. The largest absolute Gasteiger partial charge is 0.446 e. The lowest BCUT2D eigenvalue weighted by atomic mass is 9.92. The smallest absolute Gasteiger partial charge is 0.417 e. The average Bonchev–Trinajstić information content (AvgIpc) is 3.08. The quantitative estimate of drug-likeness (QED) is 0.807. The Hall–Kier alpha value is -2.76. The minimum atomic E-state index is -0.573. The molecular weight excluding hydrogens is 327 g/mol. The molecule has 1 N–H and O–H groups in total. The number of rotatable bonds is 6. The Labute approximate surface area is 154 Å². The molecule has 0 aromatic heterocycles. The van der Waals surface area contributed by atoms with Crippen LogP contribution in [-0.4, -0.2) is 31.5 Å². The Morgan fingerprint density at radius 1 is 1.27 bits per heavy atom. The van der Waals surface area contributed by atoms with Crippen LogP contribution in [0.4, 0.5) is 10.5 Å². The fraction of sp³-hybridized carbons (Fsp3) is 0.300. The number of ether oxygens (including phenoxy) is 1. The van der Waals surface area contributed by atoms with E-state index in [-0.39, 0.29) is 30.9 Å². The van der Waals surface area contributed by atoms with E-state index in [9.17, 15) is 9.59 Å². The Morgan fingerprint density at radius 3 is 2.73 bits per heavy atom. The van der Waals surface area contributed by atoms with Crippen LogP contribution in [0.1, 0.15) is 42.9 Å². The second-order valence-corrected chi connectivity index (χ2v) is 6.35. The maximum atomic E-state index is 12.9. The second kappa shape index (κ2) is 8.08. The molecule has 2 amide bonds. The third-order valence-electron chi connectivity index (χ3n) is 4.76. The summed E-state index contributed by atoms with van der Waals surface area (Å²) in [5, 5.41) is 2.62. The summed E-state index contributed by atoms with van der Waals surface area (Å²) in [6, 6.07) is 16.8. The molecule has 2 aromatic carbocycles. The summed E-state index contributed by atoms with van der Waals surface area (Å²) >= 11 is 0. The number of carbonyl (C=O) groups excluding carboxylic acids is 2. The molecule has 0 aliphatic carbocycles. The zero-order chi connectivity index (χ0) is 18.5. The molecule has 6 heteroatoms. The predicted octanol–water partition coefficient (Wildman–Crippen LogP) is 3.79. The average molecular weight is 348 g/mol. The number of nitrogens with one attached hydrogen (secondary N) is 1. The van der Waals surface area contributed by atoms with Crippen LogP contribution in [0, 0.1) is 0 Å². The molecule has 0 saturated carbocycles. The molecule has 2 radical (unpaired) electrons. The van der Waals surface area contributed by atoms with E-state index >= 15 is 0 Å². The van der Waals surface area contributed by atoms with Crippen LogP contribution >= 0.6 is 0 Å². The third kappa shape index (κ3) is 3.74. The van der Waals surface area contributed by atoms with E-state index in [1.165, 1.54) is 4.90 Å². The number of hydrogen-bond acceptors (Lipinski definition) is 4. The van der Waals surface area contributed by atoms with Gasteiger partial charge in [0.2, 0.25) is 13.9 Å². The molecule has 1 saturated heterocycles. The van der Waals surface area contributed by atoms with Crippen molar-refractivity contribution >= 4 is 25.7 Å². The first-order chi connectivity index (χ1) is 12.6. The van der Waals surface area contributed by atoms with Crippen molar-refractivity contribution in [3.63, 3.8) is 0 Å². The van der Waals surface area contributed by atoms with Crippen LogP contribution in [0.25, 0.3) is 0 Å². The van der Waals surface area contributed by atoms with Crippen molar-refractivity contribution in [2.45, 2.75) is 31.7 Å². The molecule has 0 spiro atoms. The lowest BCUT2D eigenvalue weighted by Crippen LogP contribution is -2.35. The molecule has 0 bridgehead atoms. The van der Waals surface area contributed by atoms with Crippen LogP contribution in [0.15, 0.2) is 54.6 Å². The van der Waals surface area contributed by atoms with E-state index in [2.05, 4.69) is 5.23 Å². The molecular formula is C20H21BN2O3. The molecule has 1 fully saturated rings. The van der Waals surface area contributed by atoms with Gasteiger partial charge in [-0.2, -0.15) is 0 Å². The van der Waals surface area contributed by atoms with Crippen LogP contribution in [0.3, 0.4) is 0 Å². The molecule has 1 aliphatic heterocycles. The third-order valence-corrected chi connectivity index (χ3v) is 4.76. The summed E-state index contributed by atoms with van der Waals surface area (Å²) in [6.07, 6.45) is 0.442. The topological polar surface area (TPSA) is 58.6 Å². The summed E-state index contributed by atoms with van der Waals surface area (Å²) in [5.74, 6) is -0.222. The van der Waals surface area contributed by atoms with Gasteiger partial charge >= 0.3 is 6.09 Å². The van der Waals surface area contributed by atoms with Crippen LogP contribution in [0.5, 0.6) is 0 Å². The highest BCUT2D eigenvalue weighted by Gasteiger charge is 2.39. The number of anilines is 1. The Balaban J connectivity index is 1.79. The Kier molecular flexibility index (Phi) is 5.61. The van der Waals surface area contributed by atoms with Crippen molar-refractivity contribution in [3.8, 4) is 0 Å². The minimum absolute atomic E-state index is 0.000577. The van der Waals surface area contributed by atoms with Crippen molar-refractivity contribution in [2.24, 2.45) is 0 Å². The van der Waals surface area contributed by atoms with Gasteiger partial charge in [0.15, 0.2) is 0 Å². The van der Waals surface area contributed by atoms with E-state index in [1.54, 1.807) is 0 Å². The number of benzene rings is 2. The lowest BCUT2D eigenvalue weighted by Gasteiger charge is -2.23. The van der Waals surface area contributed by atoms with Gasteiger partial charge in [-0.25, -0.2) is 9.69 Å². The van der Waals surface area contributed by atoms with Gasteiger partial charge in [-0.3, -0.25) is 4.79 Å². The molecule has 1 heterocycles. The zero-order valence-electron chi connectivity index (χ0n) is 14.7. The predicted molar refractivity (Wildman–Crippen MR) is 101 cm³/mol. The fourth-order valence-corrected chi connectivity index (χ4v) is 3.31. The van der Waals surface area contributed by atoms with Gasteiger partial charge in [-0.1, -0.05) is 49.4 Å². The summed E-state index contributed by atoms with van der Waals surface area (Å²) < 4.78 is 5.15. The summed E-state index contributed by atoms with van der Waals surface area (Å²) in [6.45, 7) is 2.22. The summed E-state index contributed by atoms with van der Waals surface area (Å²) in [4.78, 5) is 26.3. The van der Waals surface area contributed by atoms with Crippen molar-refractivity contribution in [1.29, 1.82) is 0 Å². The molecule has 3 rings (SSSR count). The highest BCUT2D eigenvalue weighted by molar-refractivity contribution is 6.15. The molecule has 26 heavy (non-hydrogen) atoms. The van der Waals surface area contributed by atoms with E-state index in [1.807, 2.05) is 61.5 Å². The maximum absolute atomic E-state index is 12.9. The minimum Gasteiger partial charge on any atom is -0.446 e. The van der Waals surface area contributed by atoms with E-state index in [0.29, 0.717) is 0 Å². The lowest BCUT2D eigenvalue weighted by molar-refractivity contribution is -0.129. The number of cyclic esters (lactones) is 1. The van der Waals surface area contributed by atoms with Crippen LogP contribution in [0.2, 0.25) is 0 Å². The second-order valence-electron chi connectivity index (χ2n) is 6.35. The first-order valence-electron chi connectivity index (χ1n) is 8.74. The highest BCUT2D eigenvalue weighted by Crippen LogP contribution is 2.32. The van der Waals surface area contributed by atoms with Gasteiger partial charge < -0.3 is 9.96 Å². The molecule has 2 atom stereocenters. The number of nitrogens with zero attached hydrogens (tertiary/aromatic N) is 1. The van der Waals surface area contributed by atoms with Crippen molar-refractivity contribution in [1.82, 2.24) is 4.90 Å². The monoisotopic (exact) mass is 348 g/mol. The number of carbonyl (C=O) groups is 2. The van der Waals surface area contributed by atoms with Crippen molar-refractivity contribution in [3.05, 3.63) is 65.7 Å². The molecule has 5 nitrogen and oxygen atoms in total.